The van der Waals surface area contributed by atoms with Crippen molar-refractivity contribution in [2.45, 2.75) is 89.1 Å². The molecule has 0 amide bonds. The second kappa shape index (κ2) is 12.3. The molecule has 0 saturated carbocycles. The maximum atomic E-state index is 9.92. The van der Waals surface area contributed by atoms with Crippen molar-refractivity contribution in [3.05, 3.63) is 0 Å². The molecule has 0 unspecified atom stereocenters. The van der Waals surface area contributed by atoms with E-state index >= 15 is 0 Å². The van der Waals surface area contributed by atoms with Crippen molar-refractivity contribution in [3.8, 4) is 0 Å². The van der Waals surface area contributed by atoms with Crippen LogP contribution >= 0.6 is 0 Å². The standard InChI is InChI=1S/C17H34O5/c1-2-3-4-5-6-7-8-9-10-11-21-17-15(12-18)22-13-14(19)16(17)20/h14-20H,2-13H2,1H3/t14-,15+,16+,17+/m1/s1. The Labute approximate surface area is 134 Å². The Morgan fingerprint density at radius 1 is 0.955 bits per heavy atom. The minimum atomic E-state index is -0.982. The van der Waals surface area contributed by atoms with E-state index in [9.17, 15) is 15.3 Å². The molecule has 1 aliphatic rings. The molecule has 0 spiro atoms. The van der Waals surface area contributed by atoms with E-state index in [4.69, 9.17) is 9.47 Å². The highest BCUT2D eigenvalue weighted by Crippen LogP contribution is 2.19. The van der Waals surface area contributed by atoms with Gasteiger partial charge in [-0.3, -0.25) is 0 Å². The van der Waals surface area contributed by atoms with Gasteiger partial charge in [0.15, 0.2) is 0 Å². The fourth-order valence-corrected chi connectivity index (χ4v) is 2.85. The molecule has 4 atom stereocenters. The normalized spacial score (nSPS) is 28.9. The van der Waals surface area contributed by atoms with E-state index in [2.05, 4.69) is 6.92 Å². The van der Waals surface area contributed by atoms with E-state index < -0.39 is 24.4 Å². The van der Waals surface area contributed by atoms with Crippen LogP contribution in [0.1, 0.15) is 64.7 Å². The molecule has 1 fully saturated rings. The van der Waals surface area contributed by atoms with Crippen molar-refractivity contribution < 1.29 is 24.8 Å². The smallest absolute Gasteiger partial charge is 0.114 e. The summed E-state index contributed by atoms with van der Waals surface area (Å²) in [7, 11) is 0. The summed E-state index contributed by atoms with van der Waals surface area (Å²) in [6, 6.07) is 0. The van der Waals surface area contributed by atoms with Crippen LogP contribution in [0.15, 0.2) is 0 Å². The third-order valence-electron chi connectivity index (χ3n) is 4.32. The Morgan fingerprint density at radius 3 is 2.14 bits per heavy atom. The first kappa shape index (κ1) is 19.8. The number of hydrogen-bond donors (Lipinski definition) is 3. The van der Waals surface area contributed by atoms with E-state index in [1.165, 1.54) is 44.9 Å². The van der Waals surface area contributed by atoms with Crippen LogP contribution in [0, 0.1) is 0 Å². The number of aliphatic hydroxyl groups is 3. The quantitative estimate of drug-likeness (QED) is 0.480. The van der Waals surface area contributed by atoms with Crippen molar-refractivity contribution in [2.24, 2.45) is 0 Å². The summed E-state index contributed by atoms with van der Waals surface area (Å²) in [6.07, 6.45) is 8.08. The molecule has 1 rings (SSSR count). The topological polar surface area (TPSA) is 79.2 Å². The molecule has 1 aliphatic heterocycles. The predicted molar refractivity (Wildman–Crippen MR) is 85.8 cm³/mol. The third kappa shape index (κ3) is 7.38. The lowest BCUT2D eigenvalue weighted by Gasteiger charge is -2.37. The zero-order valence-corrected chi connectivity index (χ0v) is 14.0. The Kier molecular flexibility index (Phi) is 11.1. The minimum Gasteiger partial charge on any atom is -0.394 e. The Bertz CT molecular complexity index is 259. The summed E-state index contributed by atoms with van der Waals surface area (Å²) in [6.45, 7) is 2.61. The molecule has 5 nitrogen and oxygen atoms in total. The van der Waals surface area contributed by atoms with E-state index in [0.29, 0.717) is 6.61 Å². The van der Waals surface area contributed by atoms with Crippen LogP contribution in [-0.4, -0.2) is 59.6 Å². The van der Waals surface area contributed by atoms with Gasteiger partial charge in [-0.1, -0.05) is 58.3 Å². The highest BCUT2D eigenvalue weighted by atomic mass is 16.6. The predicted octanol–water partition coefficient (Wildman–Crippen LogP) is 2.02. The van der Waals surface area contributed by atoms with Crippen molar-refractivity contribution >= 4 is 0 Å². The van der Waals surface area contributed by atoms with Crippen LogP contribution in [0.4, 0.5) is 0 Å². The first-order valence-electron chi connectivity index (χ1n) is 8.90. The van der Waals surface area contributed by atoms with E-state index in [-0.39, 0.29) is 13.2 Å². The monoisotopic (exact) mass is 318 g/mol. The molecule has 0 aromatic carbocycles. The summed E-state index contributed by atoms with van der Waals surface area (Å²) in [5.74, 6) is 0. The van der Waals surface area contributed by atoms with Crippen molar-refractivity contribution in [1.82, 2.24) is 0 Å². The van der Waals surface area contributed by atoms with E-state index in [0.717, 1.165) is 12.8 Å². The van der Waals surface area contributed by atoms with Crippen LogP contribution in [0.5, 0.6) is 0 Å². The number of unbranched alkanes of at least 4 members (excludes halogenated alkanes) is 8. The Morgan fingerprint density at radius 2 is 1.55 bits per heavy atom. The van der Waals surface area contributed by atoms with Crippen LogP contribution in [0.3, 0.4) is 0 Å². The second-order valence-corrected chi connectivity index (χ2v) is 6.28. The van der Waals surface area contributed by atoms with Gasteiger partial charge in [-0.25, -0.2) is 0 Å². The number of hydrogen-bond acceptors (Lipinski definition) is 5. The molecule has 5 heteroatoms. The average Bonchev–Trinajstić information content (AvgIpc) is 2.53. The molecular formula is C17H34O5. The largest absolute Gasteiger partial charge is 0.394 e. The lowest BCUT2D eigenvalue weighted by atomic mass is 10.0. The number of ether oxygens (including phenoxy) is 2. The molecule has 0 aliphatic carbocycles. The van der Waals surface area contributed by atoms with Gasteiger partial charge in [0, 0.05) is 6.61 Å². The summed E-state index contributed by atoms with van der Waals surface area (Å²) < 4.78 is 10.9. The van der Waals surface area contributed by atoms with Crippen LogP contribution < -0.4 is 0 Å². The SMILES string of the molecule is CCCCCCCCCCCO[C@@H]1[C@@H](O)[C@H](O)CO[C@H]1CO. The minimum absolute atomic E-state index is 0.0459. The molecule has 1 heterocycles. The lowest BCUT2D eigenvalue weighted by molar-refractivity contribution is -0.211. The molecule has 0 aromatic rings. The van der Waals surface area contributed by atoms with Gasteiger partial charge in [-0.05, 0) is 6.42 Å². The van der Waals surface area contributed by atoms with Gasteiger partial charge in [-0.15, -0.1) is 0 Å². The van der Waals surface area contributed by atoms with Gasteiger partial charge in [0.05, 0.1) is 13.2 Å². The van der Waals surface area contributed by atoms with Crippen LogP contribution in [-0.2, 0) is 9.47 Å². The summed E-state index contributed by atoms with van der Waals surface area (Å²) in [4.78, 5) is 0. The van der Waals surface area contributed by atoms with Crippen LogP contribution in [0.25, 0.3) is 0 Å². The fraction of sp³-hybridized carbons (Fsp3) is 1.00. The highest BCUT2D eigenvalue weighted by Gasteiger charge is 2.39. The molecule has 22 heavy (non-hydrogen) atoms. The molecular weight excluding hydrogens is 284 g/mol. The summed E-state index contributed by atoms with van der Waals surface area (Å²) in [5, 5.41) is 28.7. The summed E-state index contributed by atoms with van der Waals surface area (Å²) in [5.41, 5.74) is 0. The Balaban J connectivity index is 2.03. The number of aliphatic hydroxyl groups excluding tert-OH is 3. The molecule has 132 valence electrons. The average molecular weight is 318 g/mol. The molecule has 1 saturated heterocycles. The molecule has 0 radical (unpaired) electrons. The highest BCUT2D eigenvalue weighted by molar-refractivity contribution is 4.87. The van der Waals surface area contributed by atoms with Crippen molar-refractivity contribution in [2.75, 3.05) is 19.8 Å². The summed E-state index contributed by atoms with van der Waals surface area (Å²) >= 11 is 0. The Hall–Kier alpha value is -0.200. The van der Waals surface area contributed by atoms with Gasteiger partial charge in [0.25, 0.3) is 0 Å². The number of rotatable bonds is 12. The fourth-order valence-electron chi connectivity index (χ4n) is 2.85. The maximum absolute atomic E-state index is 9.92. The maximum Gasteiger partial charge on any atom is 0.114 e. The zero-order valence-electron chi connectivity index (χ0n) is 14.0. The molecule has 0 bridgehead atoms. The molecule has 3 N–H and O–H groups in total. The third-order valence-corrected chi connectivity index (χ3v) is 4.32. The van der Waals surface area contributed by atoms with Gasteiger partial charge >= 0.3 is 0 Å². The van der Waals surface area contributed by atoms with E-state index in [1.807, 2.05) is 0 Å². The molecule has 0 aromatic heterocycles. The second-order valence-electron chi connectivity index (χ2n) is 6.28. The zero-order chi connectivity index (χ0) is 16.2. The van der Waals surface area contributed by atoms with Crippen molar-refractivity contribution in [3.63, 3.8) is 0 Å². The first-order chi connectivity index (χ1) is 10.7. The van der Waals surface area contributed by atoms with Gasteiger partial charge in [0.1, 0.15) is 24.4 Å². The van der Waals surface area contributed by atoms with Gasteiger partial charge in [-0.2, -0.15) is 0 Å². The first-order valence-corrected chi connectivity index (χ1v) is 8.90. The lowest BCUT2D eigenvalue weighted by Crippen LogP contribution is -2.55. The van der Waals surface area contributed by atoms with Gasteiger partial charge in [0.2, 0.25) is 0 Å². The van der Waals surface area contributed by atoms with E-state index in [1.54, 1.807) is 0 Å². The van der Waals surface area contributed by atoms with Crippen LogP contribution in [0.2, 0.25) is 0 Å². The van der Waals surface area contributed by atoms with Gasteiger partial charge < -0.3 is 24.8 Å². The van der Waals surface area contributed by atoms with Crippen molar-refractivity contribution in [1.29, 1.82) is 0 Å².